The molecule has 3 heterocycles. The highest BCUT2D eigenvalue weighted by atomic mass is 32.1. The number of rotatable bonds is 5. The van der Waals surface area contributed by atoms with Gasteiger partial charge in [-0.15, -0.1) is 11.3 Å². The summed E-state index contributed by atoms with van der Waals surface area (Å²) in [6.45, 7) is 4.84. The molecule has 6 nitrogen and oxygen atoms in total. The molecule has 1 aliphatic rings. The predicted octanol–water partition coefficient (Wildman–Crippen LogP) is 4.88. The number of anilines is 1. The highest BCUT2D eigenvalue weighted by Crippen LogP contribution is 2.30. The van der Waals surface area contributed by atoms with Crippen molar-refractivity contribution in [3.05, 3.63) is 83.4 Å². The van der Waals surface area contributed by atoms with E-state index in [-0.39, 0.29) is 5.91 Å². The number of ether oxygens (including phenoxy) is 1. The van der Waals surface area contributed by atoms with Gasteiger partial charge in [0, 0.05) is 26.2 Å². The monoisotopic (exact) mass is 458 g/mol. The molecule has 1 saturated heterocycles. The Labute approximate surface area is 197 Å². The van der Waals surface area contributed by atoms with Crippen LogP contribution in [0.3, 0.4) is 0 Å². The number of amides is 1. The minimum absolute atomic E-state index is 0.00601. The van der Waals surface area contributed by atoms with Crippen LogP contribution in [0.25, 0.3) is 16.3 Å². The molecule has 0 radical (unpaired) electrons. The van der Waals surface area contributed by atoms with Crippen molar-refractivity contribution in [1.82, 2.24) is 14.7 Å². The summed E-state index contributed by atoms with van der Waals surface area (Å²) in [4.78, 5) is 18.9. The number of carbonyl (C=O) groups excluding carboxylic acids is 1. The van der Waals surface area contributed by atoms with E-state index < -0.39 is 0 Å². The van der Waals surface area contributed by atoms with Crippen molar-refractivity contribution in [2.75, 3.05) is 38.2 Å². The first-order valence-corrected chi connectivity index (χ1v) is 11.9. The van der Waals surface area contributed by atoms with Gasteiger partial charge in [-0.2, -0.15) is 5.10 Å². The Hall–Kier alpha value is -3.58. The third-order valence-corrected chi connectivity index (χ3v) is 6.83. The fourth-order valence-electron chi connectivity index (χ4n) is 4.24. The number of aryl methyl sites for hydroxylation is 1. The second-order valence-electron chi connectivity index (χ2n) is 8.09. The Morgan fingerprint density at radius 1 is 0.970 bits per heavy atom. The summed E-state index contributed by atoms with van der Waals surface area (Å²) in [5, 5.41) is 6.85. The number of piperazine rings is 1. The third-order valence-electron chi connectivity index (χ3n) is 5.94. The van der Waals surface area contributed by atoms with Crippen molar-refractivity contribution < 1.29 is 9.53 Å². The average Bonchev–Trinajstić information content (AvgIpc) is 3.54. The van der Waals surface area contributed by atoms with Crippen LogP contribution < -0.4 is 9.64 Å². The number of benzene rings is 2. The van der Waals surface area contributed by atoms with Gasteiger partial charge in [0.15, 0.2) is 0 Å². The molecule has 33 heavy (non-hydrogen) atoms. The van der Waals surface area contributed by atoms with Crippen LogP contribution in [0.1, 0.15) is 16.1 Å². The molecule has 0 atom stereocenters. The molecule has 0 N–H and O–H groups in total. The molecule has 2 aromatic heterocycles. The zero-order valence-corrected chi connectivity index (χ0v) is 19.6. The Morgan fingerprint density at radius 3 is 2.52 bits per heavy atom. The van der Waals surface area contributed by atoms with E-state index >= 15 is 0 Å². The van der Waals surface area contributed by atoms with Crippen molar-refractivity contribution in [1.29, 1.82) is 0 Å². The second-order valence-corrected chi connectivity index (χ2v) is 9.04. The Kier molecular flexibility index (Phi) is 5.88. The van der Waals surface area contributed by atoms with E-state index in [4.69, 9.17) is 9.84 Å². The molecule has 7 heteroatoms. The quantitative estimate of drug-likeness (QED) is 0.428. The lowest BCUT2D eigenvalue weighted by Crippen LogP contribution is -2.49. The molecule has 5 rings (SSSR count). The van der Waals surface area contributed by atoms with Crippen molar-refractivity contribution in [2.24, 2.45) is 0 Å². The van der Waals surface area contributed by atoms with Crippen LogP contribution in [0.4, 0.5) is 5.69 Å². The van der Waals surface area contributed by atoms with E-state index in [0.717, 1.165) is 46.3 Å². The first-order valence-electron chi connectivity index (χ1n) is 11.0. The van der Waals surface area contributed by atoms with Crippen LogP contribution in [0.5, 0.6) is 5.75 Å². The van der Waals surface area contributed by atoms with Crippen LogP contribution in [0, 0.1) is 6.92 Å². The molecule has 2 aromatic carbocycles. The van der Waals surface area contributed by atoms with Gasteiger partial charge in [-0.25, -0.2) is 4.68 Å². The highest BCUT2D eigenvalue weighted by Gasteiger charge is 2.27. The van der Waals surface area contributed by atoms with E-state index in [1.165, 1.54) is 0 Å². The normalized spacial score (nSPS) is 13.9. The summed E-state index contributed by atoms with van der Waals surface area (Å²) < 4.78 is 7.31. The molecule has 4 aromatic rings. The number of nitrogens with zero attached hydrogens (tertiary/aromatic N) is 4. The molecule has 0 unspecified atom stereocenters. The highest BCUT2D eigenvalue weighted by molar-refractivity contribution is 7.13. The Morgan fingerprint density at radius 2 is 1.79 bits per heavy atom. The minimum atomic E-state index is 0.00601. The first-order chi connectivity index (χ1) is 16.1. The smallest absolute Gasteiger partial charge is 0.272 e. The maximum absolute atomic E-state index is 13.7. The zero-order valence-electron chi connectivity index (χ0n) is 18.8. The van der Waals surface area contributed by atoms with Crippen LogP contribution in [0.2, 0.25) is 0 Å². The number of hydrogen-bond acceptors (Lipinski definition) is 5. The predicted molar refractivity (Wildman–Crippen MR) is 133 cm³/mol. The maximum atomic E-state index is 13.7. The molecular formula is C26H26N4O2S. The fourth-order valence-corrected chi connectivity index (χ4v) is 4.92. The lowest BCUT2D eigenvalue weighted by Gasteiger charge is -2.36. The van der Waals surface area contributed by atoms with Gasteiger partial charge in [-0.1, -0.05) is 30.3 Å². The zero-order chi connectivity index (χ0) is 22.8. The molecule has 1 amide bonds. The molecule has 1 fully saturated rings. The minimum Gasteiger partial charge on any atom is -0.495 e. The van der Waals surface area contributed by atoms with Crippen molar-refractivity contribution >= 4 is 22.9 Å². The standard InChI is InChI=1S/C26H26N4O2S/c1-19-7-5-8-20(17-19)30-23(18-21(27-30)25-11-6-16-33-25)26(31)29-14-12-28(13-15-29)22-9-3-4-10-24(22)32-2/h3-11,16-18H,12-15H2,1-2H3. The number of methoxy groups -OCH3 is 1. The van der Waals surface area contributed by atoms with Gasteiger partial charge in [0.05, 0.1) is 23.4 Å². The van der Waals surface area contributed by atoms with Crippen molar-refractivity contribution in [3.8, 4) is 22.0 Å². The summed E-state index contributed by atoms with van der Waals surface area (Å²) >= 11 is 1.63. The van der Waals surface area contributed by atoms with Gasteiger partial charge < -0.3 is 14.5 Å². The number of carbonyl (C=O) groups is 1. The lowest BCUT2D eigenvalue weighted by molar-refractivity contribution is 0.0737. The SMILES string of the molecule is COc1ccccc1N1CCN(C(=O)c2cc(-c3cccs3)nn2-c2cccc(C)c2)CC1. The number of para-hydroxylation sites is 2. The molecule has 1 aliphatic heterocycles. The van der Waals surface area contributed by atoms with Crippen LogP contribution in [0.15, 0.2) is 72.1 Å². The lowest BCUT2D eigenvalue weighted by atomic mass is 10.2. The Bertz CT molecular complexity index is 1260. The Balaban J connectivity index is 1.41. The fraction of sp³-hybridized carbons (Fsp3) is 0.231. The number of hydrogen-bond donors (Lipinski definition) is 0. The summed E-state index contributed by atoms with van der Waals surface area (Å²) in [5.41, 5.74) is 4.51. The summed E-state index contributed by atoms with van der Waals surface area (Å²) in [7, 11) is 1.69. The molecule has 0 spiro atoms. The molecular weight excluding hydrogens is 432 g/mol. The molecule has 0 bridgehead atoms. The summed E-state index contributed by atoms with van der Waals surface area (Å²) in [6, 6.07) is 22.1. The van der Waals surface area contributed by atoms with E-state index in [1.807, 2.05) is 71.8 Å². The molecule has 0 aliphatic carbocycles. The number of thiophene rings is 1. The van der Waals surface area contributed by atoms with Crippen molar-refractivity contribution in [3.63, 3.8) is 0 Å². The number of aromatic nitrogens is 2. The van der Waals surface area contributed by atoms with Crippen molar-refractivity contribution in [2.45, 2.75) is 6.92 Å². The largest absolute Gasteiger partial charge is 0.495 e. The topological polar surface area (TPSA) is 50.6 Å². The van der Waals surface area contributed by atoms with E-state index in [0.29, 0.717) is 18.8 Å². The third kappa shape index (κ3) is 4.24. The molecule has 0 saturated carbocycles. The van der Waals surface area contributed by atoms with Gasteiger partial charge in [-0.05, 0) is 54.3 Å². The van der Waals surface area contributed by atoms with Crippen LogP contribution in [-0.4, -0.2) is 53.9 Å². The van der Waals surface area contributed by atoms with Gasteiger partial charge >= 0.3 is 0 Å². The van der Waals surface area contributed by atoms with E-state index in [9.17, 15) is 4.79 Å². The van der Waals surface area contributed by atoms with Gasteiger partial charge in [0.25, 0.3) is 5.91 Å². The first kappa shape index (κ1) is 21.3. The average molecular weight is 459 g/mol. The summed E-state index contributed by atoms with van der Waals surface area (Å²) in [5.74, 6) is 0.863. The van der Waals surface area contributed by atoms with E-state index in [2.05, 4.69) is 17.0 Å². The van der Waals surface area contributed by atoms with Crippen LogP contribution in [-0.2, 0) is 0 Å². The second kappa shape index (κ2) is 9.11. The molecule has 168 valence electrons. The van der Waals surface area contributed by atoms with Gasteiger partial charge in [0.1, 0.15) is 17.1 Å². The summed E-state index contributed by atoms with van der Waals surface area (Å²) in [6.07, 6.45) is 0. The van der Waals surface area contributed by atoms with Gasteiger partial charge in [0.2, 0.25) is 0 Å². The van der Waals surface area contributed by atoms with Gasteiger partial charge in [-0.3, -0.25) is 4.79 Å². The maximum Gasteiger partial charge on any atom is 0.272 e. The van der Waals surface area contributed by atoms with E-state index in [1.54, 1.807) is 23.1 Å². The van der Waals surface area contributed by atoms with Crippen LogP contribution >= 0.6 is 11.3 Å².